The molecule has 0 radical (unpaired) electrons. The number of hydrogen-bond acceptors (Lipinski definition) is 4. The van der Waals surface area contributed by atoms with E-state index in [2.05, 4.69) is 22.2 Å². The van der Waals surface area contributed by atoms with Crippen molar-refractivity contribution in [2.24, 2.45) is 0 Å². The first kappa shape index (κ1) is 20.5. The Balaban J connectivity index is 1.71. The van der Waals surface area contributed by atoms with Gasteiger partial charge in [0.25, 0.3) is 5.91 Å². The van der Waals surface area contributed by atoms with Gasteiger partial charge in [0.15, 0.2) is 0 Å². The van der Waals surface area contributed by atoms with Crippen molar-refractivity contribution in [3.8, 4) is 0 Å². The van der Waals surface area contributed by atoms with Crippen molar-refractivity contribution in [2.45, 2.75) is 32.7 Å². The Hall–Kier alpha value is -3.22. The summed E-state index contributed by atoms with van der Waals surface area (Å²) in [5, 5.41) is 2.91. The van der Waals surface area contributed by atoms with Crippen LogP contribution in [0, 0.1) is 0 Å². The second-order valence-corrected chi connectivity index (χ2v) is 7.01. The average molecular weight is 393 g/mol. The molecule has 0 spiro atoms. The number of para-hydroxylation sites is 2. The molecular weight excluding hydrogens is 366 g/mol. The van der Waals surface area contributed by atoms with E-state index in [-0.39, 0.29) is 18.4 Å². The zero-order chi connectivity index (χ0) is 20.6. The number of aromatic nitrogens is 3. The number of carbonyl (C=O) groups is 2. The molecule has 0 aliphatic rings. The predicted molar refractivity (Wildman–Crippen MR) is 113 cm³/mol. The number of unbranched alkanes of at least 4 members (excludes halogenated alkanes) is 1. The summed E-state index contributed by atoms with van der Waals surface area (Å²) in [7, 11) is 1.84. The van der Waals surface area contributed by atoms with Crippen LogP contribution in [0.4, 0.5) is 0 Å². The molecule has 2 aromatic heterocycles. The van der Waals surface area contributed by atoms with E-state index < -0.39 is 0 Å². The van der Waals surface area contributed by atoms with E-state index in [9.17, 15) is 9.59 Å². The number of rotatable bonds is 9. The van der Waals surface area contributed by atoms with Crippen molar-refractivity contribution in [2.75, 3.05) is 20.1 Å². The van der Waals surface area contributed by atoms with Crippen molar-refractivity contribution in [1.29, 1.82) is 0 Å². The van der Waals surface area contributed by atoms with Gasteiger partial charge in [-0.25, -0.2) is 4.98 Å². The molecule has 1 N–H and O–H groups in total. The van der Waals surface area contributed by atoms with Gasteiger partial charge in [0.05, 0.1) is 11.0 Å². The minimum absolute atomic E-state index is 0.0590. The molecule has 152 valence electrons. The Bertz CT molecular complexity index is 968. The molecular formula is C22H27N5O2. The van der Waals surface area contributed by atoms with Crippen LogP contribution in [0.5, 0.6) is 0 Å². The molecule has 3 rings (SSSR count). The summed E-state index contributed by atoms with van der Waals surface area (Å²) in [5.74, 6) is 0.701. The zero-order valence-electron chi connectivity index (χ0n) is 17.0. The third-order valence-corrected chi connectivity index (χ3v) is 4.88. The van der Waals surface area contributed by atoms with Crippen LogP contribution in [0.1, 0.15) is 35.9 Å². The number of pyridine rings is 1. The smallest absolute Gasteiger partial charge is 0.251 e. The highest BCUT2D eigenvalue weighted by Crippen LogP contribution is 2.17. The second kappa shape index (κ2) is 9.82. The van der Waals surface area contributed by atoms with Crippen molar-refractivity contribution in [3.05, 3.63) is 60.2 Å². The molecule has 0 saturated carbocycles. The molecule has 0 fully saturated rings. The molecule has 0 atom stereocenters. The van der Waals surface area contributed by atoms with Gasteiger partial charge >= 0.3 is 0 Å². The molecule has 7 nitrogen and oxygen atoms in total. The molecule has 7 heteroatoms. The van der Waals surface area contributed by atoms with Gasteiger partial charge in [-0.15, -0.1) is 0 Å². The third-order valence-electron chi connectivity index (χ3n) is 4.88. The lowest BCUT2D eigenvalue weighted by atomic mass is 10.2. The largest absolute Gasteiger partial charge is 0.352 e. The molecule has 0 saturated heterocycles. The number of amides is 2. The zero-order valence-corrected chi connectivity index (χ0v) is 17.0. The normalized spacial score (nSPS) is 10.8. The lowest BCUT2D eigenvalue weighted by molar-refractivity contribution is -0.130. The van der Waals surface area contributed by atoms with E-state index in [1.54, 1.807) is 29.4 Å². The van der Waals surface area contributed by atoms with Crippen molar-refractivity contribution >= 4 is 22.8 Å². The molecule has 2 heterocycles. The Labute approximate surface area is 170 Å². The maximum atomic E-state index is 12.7. The molecule has 0 aliphatic carbocycles. The topological polar surface area (TPSA) is 80.1 Å². The van der Waals surface area contributed by atoms with Gasteiger partial charge in [0.2, 0.25) is 5.91 Å². The summed E-state index contributed by atoms with van der Waals surface area (Å²) < 4.78 is 1.96. The summed E-state index contributed by atoms with van der Waals surface area (Å²) in [4.78, 5) is 35.3. The quantitative estimate of drug-likeness (QED) is 0.606. The van der Waals surface area contributed by atoms with Crippen LogP contribution < -0.4 is 5.32 Å². The van der Waals surface area contributed by atoms with Gasteiger partial charge in [0, 0.05) is 44.5 Å². The Morgan fingerprint density at radius 3 is 2.66 bits per heavy atom. The van der Waals surface area contributed by atoms with E-state index in [0.717, 1.165) is 36.2 Å². The Morgan fingerprint density at radius 1 is 1.14 bits per heavy atom. The highest BCUT2D eigenvalue weighted by atomic mass is 16.2. The number of hydrogen-bond donors (Lipinski definition) is 1. The van der Waals surface area contributed by atoms with Crippen LogP contribution in [-0.4, -0.2) is 51.4 Å². The Morgan fingerprint density at radius 2 is 1.90 bits per heavy atom. The van der Waals surface area contributed by atoms with Crippen LogP contribution in [0.3, 0.4) is 0 Å². The van der Waals surface area contributed by atoms with E-state index in [1.165, 1.54) is 0 Å². The van der Waals surface area contributed by atoms with Gasteiger partial charge in [-0.3, -0.25) is 14.6 Å². The maximum absolute atomic E-state index is 12.7. The minimum atomic E-state index is -0.148. The van der Waals surface area contributed by atoms with Crippen LogP contribution in [0.2, 0.25) is 0 Å². The summed E-state index contributed by atoms with van der Waals surface area (Å²) in [5.41, 5.74) is 2.36. The van der Waals surface area contributed by atoms with E-state index in [1.807, 2.05) is 35.9 Å². The summed E-state index contributed by atoms with van der Waals surface area (Å²) in [6.45, 7) is 3.54. The van der Waals surface area contributed by atoms with Gasteiger partial charge in [-0.2, -0.15) is 0 Å². The fraction of sp³-hybridized carbons (Fsp3) is 0.364. The predicted octanol–water partition coefficient (Wildman–Crippen LogP) is 2.66. The lowest BCUT2D eigenvalue weighted by Gasteiger charge is -2.18. The van der Waals surface area contributed by atoms with Crippen molar-refractivity contribution < 1.29 is 9.59 Å². The highest BCUT2D eigenvalue weighted by molar-refractivity contribution is 5.93. The van der Waals surface area contributed by atoms with Gasteiger partial charge in [-0.05, 0) is 30.7 Å². The summed E-state index contributed by atoms with van der Waals surface area (Å²) in [6, 6.07) is 11.1. The first-order chi connectivity index (χ1) is 14.1. The number of nitrogens with zero attached hydrogens (tertiary/aromatic N) is 4. The number of likely N-dealkylation sites (N-methyl/N-ethyl adjacent to an activating group) is 1. The third kappa shape index (κ3) is 5.19. The maximum Gasteiger partial charge on any atom is 0.251 e. The number of carbonyl (C=O) groups excluding carboxylic acids is 2. The van der Waals surface area contributed by atoms with Crippen LogP contribution in [-0.2, 0) is 17.8 Å². The number of benzene rings is 1. The SMILES string of the molecule is CCCCN(C)C(=O)Cn1c(CCNC(=O)c2ccncc2)nc2ccccc21. The van der Waals surface area contributed by atoms with Gasteiger partial charge < -0.3 is 14.8 Å². The number of imidazole rings is 1. The molecule has 0 aliphatic heterocycles. The van der Waals surface area contributed by atoms with E-state index in [0.29, 0.717) is 18.5 Å². The molecule has 0 unspecified atom stereocenters. The number of fused-ring (bicyclic) bond motifs is 1. The molecule has 0 bridgehead atoms. The average Bonchev–Trinajstić information content (AvgIpc) is 3.09. The van der Waals surface area contributed by atoms with Crippen LogP contribution in [0.25, 0.3) is 11.0 Å². The second-order valence-electron chi connectivity index (χ2n) is 7.01. The van der Waals surface area contributed by atoms with E-state index >= 15 is 0 Å². The first-order valence-electron chi connectivity index (χ1n) is 9.96. The van der Waals surface area contributed by atoms with Crippen LogP contribution in [0.15, 0.2) is 48.8 Å². The van der Waals surface area contributed by atoms with Crippen molar-refractivity contribution in [1.82, 2.24) is 24.8 Å². The fourth-order valence-electron chi connectivity index (χ4n) is 3.16. The molecule has 3 aromatic rings. The van der Waals surface area contributed by atoms with E-state index in [4.69, 9.17) is 0 Å². The first-order valence-corrected chi connectivity index (χ1v) is 9.96. The van der Waals surface area contributed by atoms with Gasteiger partial charge in [-0.1, -0.05) is 25.5 Å². The summed E-state index contributed by atoms with van der Waals surface area (Å²) >= 11 is 0. The molecule has 1 aromatic carbocycles. The molecule has 29 heavy (non-hydrogen) atoms. The highest BCUT2D eigenvalue weighted by Gasteiger charge is 2.16. The standard InChI is InChI=1S/C22H27N5O2/c1-3-4-15-26(2)21(28)16-27-19-8-6-5-7-18(19)25-20(27)11-14-24-22(29)17-9-12-23-13-10-17/h5-10,12-13H,3-4,11,14-16H2,1-2H3,(H,24,29). The van der Waals surface area contributed by atoms with Crippen LogP contribution >= 0.6 is 0 Å². The lowest BCUT2D eigenvalue weighted by Crippen LogP contribution is -2.32. The molecule has 2 amide bonds. The summed E-state index contributed by atoms with van der Waals surface area (Å²) in [6.07, 6.45) is 5.76. The fourth-order valence-corrected chi connectivity index (χ4v) is 3.16. The Kier molecular flexibility index (Phi) is 6.94. The van der Waals surface area contributed by atoms with Crippen molar-refractivity contribution in [3.63, 3.8) is 0 Å². The minimum Gasteiger partial charge on any atom is -0.352 e. The number of nitrogens with one attached hydrogen (secondary N) is 1. The van der Waals surface area contributed by atoms with Gasteiger partial charge in [0.1, 0.15) is 12.4 Å². The monoisotopic (exact) mass is 393 g/mol.